The highest BCUT2D eigenvalue weighted by atomic mass is 79.9. The highest BCUT2D eigenvalue weighted by Crippen LogP contribution is 2.30. The van der Waals surface area contributed by atoms with E-state index in [2.05, 4.69) is 38.0 Å². The number of ether oxygens (including phenoxy) is 2. The number of carbonyl (C=O) groups is 4. The number of amides is 2. The van der Waals surface area contributed by atoms with Crippen LogP contribution < -0.4 is 25.4 Å². The third kappa shape index (κ3) is 11.0. The number of anilines is 2. The molecule has 12 heteroatoms. The number of rotatable bonds is 11. The van der Waals surface area contributed by atoms with Crippen LogP contribution in [0.25, 0.3) is 17.7 Å². The van der Waals surface area contributed by atoms with E-state index in [0.717, 1.165) is 46.4 Å². The Morgan fingerprint density at radius 2 is 1.24 bits per heavy atom. The Labute approximate surface area is 303 Å². The predicted molar refractivity (Wildman–Crippen MR) is 201 cm³/mol. The summed E-state index contributed by atoms with van der Waals surface area (Å²) in [5, 5.41) is 26.7. The smallest absolute Gasteiger partial charge is 0.337 e. The molecule has 4 aromatic rings. The van der Waals surface area contributed by atoms with Crippen molar-refractivity contribution in [1.82, 2.24) is 5.32 Å². The van der Waals surface area contributed by atoms with Crippen LogP contribution in [0.5, 0.6) is 11.5 Å². The molecule has 2 amide bonds. The lowest BCUT2D eigenvalue weighted by Crippen LogP contribution is -2.20. The molecule has 1 aliphatic rings. The molecule has 1 heterocycles. The average Bonchev–Trinajstić information content (AvgIpc) is 3.14. The van der Waals surface area contributed by atoms with Gasteiger partial charge in [0.1, 0.15) is 11.5 Å². The number of nitrogens with one attached hydrogen (secondary N) is 3. The van der Waals surface area contributed by atoms with E-state index in [9.17, 15) is 24.3 Å². The maximum absolute atomic E-state index is 12.2. The Balaban J connectivity index is 0.000000233. The number of methoxy groups -OCH3 is 2. The molecule has 0 bridgehead atoms. The van der Waals surface area contributed by atoms with Gasteiger partial charge in [-0.05, 0) is 100 Å². The minimum absolute atomic E-state index is 0.0413. The van der Waals surface area contributed by atoms with E-state index >= 15 is 0 Å². The number of carboxylic acid groups (broad SMARTS) is 2. The molecule has 0 fully saturated rings. The van der Waals surface area contributed by atoms with Gasteiger partial charge in [0.2, 0.25) is 11.8 Å². The summed E-state index contributed by atoms with van der Waals surface area (Å²) >= 11 is 3.35. The van der Waals surface area contributed by atoms with Crippen molar-refractivity contribution in [3.8, 4) is 11.5 Å². The Morgan fingerprint density at radius 3 is 1.73 bits per heavy atom. The highest BCUT2D eigenvalue weighted by molar-refractivity contribution is 9.10. The van der Waals surface area contributed by atoms with Crippen molar-refractivity contribution in [2.45, 2.75) is 6.42 Å². The van der Waals surface area contributed by atoms with Crippen LogP contribution in [0.3, 0.4) is 0 Å². The second kappa shape index (κ2) is 18.7. The maximum Gasteiger partial charge on any atom is 0.337 e. The van der Waals surface area contributed by atoms with Crippen LogP contribution in [0, 0.1) is 0 Å². The summed E-state index contributed by atoms with van der Waals surface area (Å²) in [6.07, 6.45) is 9.09. The summed E-state index contributed by atoms with van der Waals surface area (Å²) in [4.78, 5) is 46.5. The predicted octanol–water partition coefficient (Wildman–Crippen LogP) is 7.23. The standard InChI is InChI=1S/C22H22N2O4.C17H14BrNO4/c1-28-20-14-15(6-8-17(20)16-10-12-23-13-11-16)7-9-21(25)24-19-5-3-2-4-18(19)22(26)27;1-23-15-10-11(6-8-13(15)18)7-9-16(20)19-14-5-3-2-4-12(14)17(21)22/h2-10,14,23H,11-13H2,1H3,(H,24,25)(H,26,27);2-10H,1H3,(H,19,20)(H,21,22)/b2*9-7+. The number of aromatic carboxylic acids is 2. The molecule has 0 aliphatic carbocycles. The van der Waals surface area contributed by atoms with Gasteiger partial charge in [-0.3, -0.25) is 9.59 Å². The molecular formula is C39H36BrN3O8. The Morgan fingerprint density at radius 1 is 0.725 bits per heavy atom. The first kappa shape index (κ1) is 37.8. The first-order valence-electron chi connectivity index (χ1n) is 15.6. The van der Waals surface area contributed by atoms with E-state index in [4.69, 9.17) is 14.6 Å². The number of hydrogen-bond acceptors (Lipinski definition) is 7. The molecule has 0 aromatic heterocycles. The maximum atomic E-state index is 12.2. The Hall–Kier alpha value is -5.98. The Kier molecular flexibility index (Phi) is 13.9. The van der Waals surface area contributed by atoms with Crippen LogP contribution in [0.1, 0.15) is 43.8 Å². The molecule has 0 radical (unpaired) electrons. The van der Waals surface area contributed by atoms with Crippen LogP contribution in [-0.4, -0.2) is 61.3 Å². The SMILES string of the molecule is COc1cc(/C=C/C(=O)Nc2ccccc2C(=O)O)ccc1Br.COc1cc(/C=C/C(=O)Nc2ccccc2C(=O)O)ccc1C1=CCNCC1. The van der Waals surface area contributed by atoms with Crippen molar-refractivity contribution in [2.24, 2.45) is 0 Å². The third-order valence-electron chi connectivity index (χ3n) is 7.50. The summed E-state index contributed by atoms with van der Waals surface area (Å²) in [7, 11) is 3.19. The molecule has 4 aromatic carbocycles. The summed E-state index contributed by atoms with van der Waals surface area (Å²) in [6, 6.07) is 23.7. The topological polar surface area (TPSA) is 163 Å². The molecule has 5 N–H and O–H groups in total. The number of carboxylic acids is 2. The zero-order chi connectivity index (χ0) is 36.8. The van der Waals surface area contributed by atoms with Gasteiger partial charge in [-0.15, -0.1) is 0 Å². The van der Waals surface area contributed by atoms with Gasteiger partial charge in [0.15, 0.2) is 0 Å². The molecule has 0 spiro atoms. The van der Waals surface area contributed by atoms with Crippen LogP contribution in [0.2, 0.25) is 0 Å². The van der Waals surface area contributed by atoms with Gasteiger partial charge in [-0.2, -0.15) is 0 Å². The fraction of sp³-hybridized carbons (Fsp3) is 0.128. The lowest BCUT2D eigenvalue weighted by Gasteiger charge is -2.17. The molecule has 1 aliphatic heterocycles. The van der Waals surface area contributed by atoms with Gasteiger partial charge in [-0.1, -0.05) is 48.5 Å². The van der Waals surface area contributed by atoms with E-state index < -0.39 is 23.8 Å². The fourth-order valence-corrected chi connectivity index (χ4v) is 5.38. The molecule has 262 valence electrons. The molecule has 5 rings (SSSR count). The molecule has 0 saturated heterocycles. The minimum atomic E-state index is -1.09. The number of benzene rings is 4. The van der Waals surface area contributed by atoms with Crippen molar-refractivity contribution < 1.29 is 38.9 Å². The van der Waals surface area contributed by atoms with Gasteiger partial charge >= 0.3 is 11.9 Å². The Bertz CT molecular complexity index is 2000. The monoisotopic (exact) mass is 753 g/mol. The van der Waals surface area contributed by atoms with Crippen LogP contribution in [0.4, 0.5) is 11.4 Å². The van der Waals surface area contributed by atoms with Gasteiger partial charge < -0.3 is 35.6 Å². The highest BCUT2D eigenvalue weighted by Gasteiger charge is 2.13. The third-order valence-corrected chi connectivity index (χ3v) is 8.15. The summed E-state index contributed by atoms with van der Waals surface area (Å²) in [5.41, 5.74) is 4.50. The van der Waals surface area contributed by atoms with Gasteiger partial charge in [0, 0.05) is 24.3 Å². The first-order chi connectivity index (χ1) is 24.6. The van der Waals surface area contributed by atoms with Crippen molar-refractivity contribution in [1.29, 1.82) is 0 Å². The van der Waals surface area contributed by atoms with E-state index in [-0.39, 0.29) is 22.5 Å². The summed E-state index contributed by atoms with van der Waals surface area (Å²) in [6.45, 7) is 1.78. The van der Waals surface area contributed by atoms with E-state index in [0.29, 0.717) is 5.75 Å². The molecular weight excluding hydrogens is 718 g/mol. The molecule has 11 nitrogen and oxygen atoms in total. The fourth-order valence-electron chi connectivity index (χ4n) is 4.97. The average molecular weight is 755 g/mol. The van der Waals surface area contributed by atoms with Crippen molar-refractivity contribution in [3.63, 3.8) is 0 Å². The molecule has 0 unspecified atom stereocenters. The number of para-hydroxylation sites is 2. The van der Waals surface area contributed by atoms with Crippen LogP contribution in [0.15, 0.2) is 108 Å². The van der Waals surface area contributed by atoms with Crippen LogP contribution >= 0.6 is 15.9 Å². The lowest BCUT2D eigenvalue weighted by atomic mass is 9.98. The van der Waals surface area contributed by atoms with E-state index in [1.54, 1.807) is 62.8 Å². The molecule has 51 heavy (non-hydrogen) atoms. The zero-order valence-corrected chi connectivity index (χ0v) is 29.4. The second-order valence-corrected chi connectivity index (χ2v) is 11.7. The summed E-state index contributed by atoms with van der Waals surface area (Å²) in [5.74, 6) is -1.59. The lowest BCUT2D eigenvalue weighted by molar-refractivity contribution is -0.112. The normalized spacial score (nSPS) is 12.3. The van der Waals surface area contributed by atoms with Crippen molar-refractivity contribution >= 4 is 68.8 Å². The van der Waals surface area contributed by atoms with Gasteiger partial charge in [0.05, 0.1) is 41.2 Å². The van der Waals surface area contributed by atoms with E-state index in [1.807, 2.05) is 30.3 Å². The zero-order valence-electron chi connectivity index (χ0n) is 27.8. The van der Waals surface area contributed by atoms with Crippen molar-refractivity contribution in [3.05, 3.63) is 135 Å². The number of carbonyl (C=O) groups excluding carboxylic acids is 2. The summed E-state index contributed by atoms with van der Waals surface area (Å²) < 4.78 is 11.5. The second-order valence-electron chi connectivity index (χ2n) is 10.9. The van der Waals surface area contributed by atoms with E-state index in [1.165, 1.54) is 35.9 Å². The number of halogens is 1. The molecule has 0 saturated carbocycles. The van der Waals surface area contributed by atoms with Gasteiger partial charge in [-0.25, -0.2) is 9.59 Å². The molecule has 0 atom stereocenters. The first-order valence-corrected chi connectivity index (χ1v) is 16.4. The quantitative estimate of drug-likeness (QED) is 0.0995. The van der Waals surface area contributed by atoms with Crippen molar-refractivity contribution in [2.75, 3.05) is 37.9 Å². The van der Waals surface area contributed by atoms with Crippen LogP contribution in [-0.2, 0) is 9.59 Å². The minimum Gasteiger partial charge on any atom is -0.496 e. The largest absolute Gasteiger partial charge is 0.496 e. The van der Waals surface area contributed by atoms with Gasteiger partial charge in [0.25, 0.3) is 0 Å². The number of hydrogen-bond donors (Lipinski definition) is 5.